The maximum absolute atomic E-state index is 13.4. The highest BCUT2D eigenvalue weighted by Crippen LogP contribution is 2.25. The molecule has 0 atom stereocenters. The topological polar surface area (TPSA) is 51.8 Å². The van der Waals surface area contributed by atoms with Crippen LogP contribution in [0.4, 0.5) is 10.2 Å². The Kier molecular flexibility index (Phi) is 3.37. The summed E-state index contributed by atoms with van der Waals surface area (Å²) in [6.45, 7) is 3.92. The molecule has 4 heteroatoms. The molecule has 0 amide bonds. The third kappa shape index (κ3) is 2.37. The molecule has 2 rings (SSSR count). The van der Waals surface area contributed by atoms with Crippen molar-refractivity contribution in [3.63, 3.8) is 0 Å². The Balaban J connectivity index is 2.46. The Morgan fingerprint density at radius 2 is 1.72 bits per heavy atom. The van der Waals surface area contributed by atoms with E-state index >= 15 is 0 Å². The van der Waals surface area contributed by atoms with Gasteiger partial charge in [0.2, 0.25) is 0 Å². The lowest BCUT2D eigenvalue weighted by Crippen LogP contribution is -1.96. The molecule has 2 heterocycles. The number of hydrogen-bond donors (Lipinski definition) is 1. The highest BCUT2D eigenvalue weighted by Gasteiger charge is 2.06. The van der Waals surface area contributed by atoms with Gasteiger partial charge in [0.1, 0.15) is 0 Å². The molecule has 92 valence electrons. The van der Waals surface area contributed by atoms with E-state index in [4.69, 9.17) is 5.73 Å². The first kappa shape index (κ1) is 12.2. The Bertz CT molecular complexity index is 591. The summed E-state index contributed by atoms with van der Waals surface area (Å²) in [5, 5.41) is 0. The number of pyridine rings is 2. The number of hydrogen-bond acceptors (Lipinski definition) is 3. The minimum absolute atomic E-state index is 0.0758. The number of nitrogens with two attached hydrogens (primary N) is 1. The molecule has 0 aliphatic carbocycles. The molecule has 0 aliphatic rings. The molecule has 0 saturated heterocycles. The molecule has 2 aromatic heterocycles. The number of anilines is 1. The fraction of sp³-hybridized carbons (Fsp3) is 0.143. The zero-order valence-electron chi connectivity index (χ0n) is 10.3. The van der Waals surface area contributed by atoms with Crippen LogP contribution >= 0.6 is 0 Å². The second-order valence-corrected chi connectivity index (χ2v) is 4.08. The van der Waals surface area contributed by atoms with Crippen LogP contribution in [0.1, 0.15) is 25.0 Å². The summed E-state index contributed by atoms with van der Waals surface area (Å²) in [6, 6.07) is 5.24. The zero-order chi connectivity index (χ0) is 13.1. The van der Waals surface area contributed by atoms with Gasteiger partial charge in [0, 0.05) is 18.6 Å². The number of nitrogen functional groups attached to an aromatic ring is 1. The van der Waals surface area contributed by atoms with E-state index < -0.39 is 5.82 Å². The van der Waals surface area contributed by atoms with Crippen LogP contribution in [0, 0.1) is 5.82 Å². The molecule has 18 heavy (non-hydrogen) atoms. The predicted molar refractivity (Wildman–Crippen MR) is 71.0 cm³/mol. The van der Waals surface area contributed by atoms with Gasteiger partial charge in [-0.3, -0.25) is 4.98 Å². The van der Waals surface area contributed by atoms with Gasteiger partial charge in [-0.1, -0.05) is 0 Å². The van der Waals surface area contributed by atoms with Gasteiger partial charge in [0.05, 0.1) is 0 Å². The quantitative estimate of drug-likeness (QED) is 0.881. The molecule has 0 aliphatic heterocycles. The zero-order valence-corrected chi connectivity index (χ0v) is 10.3. The minimum atomic E-state index is -0.491. The Labute approximate surface area is 105 Å². The van der Waals surface area contributed by atoms with Crippen molar-refractivity contribution in [2.45, 2.75) is 13.8 Å². The van der Waals surface area contributed by atoms with E-state index in [1.807, 2.05) is 26.0 Å². The molecule has 0 bridgehead atoms. The van der Waals surface area contributed by atoms with Gasteiger partial charge in [-0.15, -0.1) is 0 Å². The predicted octanol–water partition coefficient (Wildman–Crippen LogP) is 3.15. The van der Waals surface area contributed by atoms with Crippen LogP contribution in [0.25, 0.3) is 11.1 Å². The van der Waals surface area contributed by atoms with Gasteiger partial charge >= 0.3 is 0 Å². The molecule has 0 unspecified atom stereocenters. The van der Waals surface area contributed by atoms with E-state index in [1.54, 1.807) is 18.6 Å². The lowest BCUT2D eigenvalue weighted by Gasteiger charge is -2.08. The summed E-state index contributed by atoms with van der Waals surface area (Å²) in [4.78, 5) is 7.81. The minimum Gasteiger partial charge on any atom is -0.381 e. The first-order valence-electron chi connectivity index (χ1n) is 5.59. The molecule has 0 aromatic carbocycles. The van der Waals surface area contributed by atoms with E-state index in [2.05, 4.69) is 9.97 Å². The Morgan fingerprint density at radius 3 is 2.33 bits per heavy atom. The van der Waals surface area contributed by atoms with Crippen molar-refractivity contribution in [2.75, 3.05) is 5.73 Å². The van der Waals surface area contributed by atoms with Gasteiger partial charge in [-0.2, -0.15) is 0 Å². The number of halogens is 1. The Morgan fingerprint density at radius 1 is 1.11 bits per heavy atom. The van der Waals surface area contributed by atoms with Gasteiger partial charge in [0.15, 0.2) is 11.6 Å². The molecular weight excluding hydrogens is 229 g/mol. The molecule has 0 spiro atoms. The van der Waals surface area contributed by atoms with Gasteiger partial charge < -0.3 is 5.73 Å². The average Bonchev–Trinajstić information content (AvgIpc) is 2.41. The van der Waals surface area contributed by atoms with Crippen LogP contribution in [0.15, 0.2) is 36.8 Å². The van der Waals surface area contributed by atoms with Gasteiger partial charge in [0.25, 0.3) is 0 Å². The Hall–Kier alpha value is -2.23. The van der Waals surface area contributed by atoms with E-state index in [1.165, 1.54) is 6.07 Å². The van der Waals surface area contributed by atoms with Crippen molar-refractivity contribution >= 4 is 17.0 Å². The fourth-order valence-electron chi connectivity index (χ4n) is 1.69. The SMILES string of the molecule is C/C(=C(\C)c1cnc(N)c(F)c1)c1ccncc1. The molecule has 3 nitrogen and oxygen atoms in total. The number of rotatable bonds is 2. The second-order valence-electron chi connectivity index (χ2n) is 4.08. The van der Waals surface area contributed by atoms with Crippen molar-refractivity contribution in [2.24, 2.45) is 0 Å². The van der Waals surface area contributed by atoms with Crippen LogP contribution < -0.4 is 5.73 Å². The van der Waals surface area contributed by atoms with Crippen molar-refractivity contribution in [1.82, 2.24) is 9.97 Å². The summed E-state index contributed by atoms with van der Waals surface area (Å²) in [5.41, 5.74) is 9.18. The van der Waals surface area contributed by atoms with Crippen LogP contribution in [-0.2, 0) is 0 Å². The van der Waals surface area contributed by atoms with Crippen molar-refractivity contribution in [3.05, 3.63) is 53.7 Å². The van der Waals surface area contributed by atoms with E-state index in [0.717, 1.165) is 22.3 Å². The molecule has 0 radical (unpaired) electrons. The first-order chi connectivity index (χ1) is 8.59. The van der Waals surface area contributed by atoms with Crippen LogP contribution in [0.3, 0.4) is 0 Å². The van der Waals surface area contributed by atoms with E-state index in [9.17, 15) is 4.39 Å². The van der Waals surface area contributed by atoms with Crippen molar-refractivity contribution < 1.29 is 4.39 Å². The summed E-state index contributed by atoms with van der Waals surface area (Å²) in [6.07, 6.45) is 5.04. The number of nitrogens with zero attached hydrogens (tertiary/aromatic N) is 2. The molecule has 2 aromatic rings. The van der Waals surface area contributed by atoms with Gasteiger partial charge in [-0.05, 0) is 54.3 Å². The van der Waals surface area contributed by atoms with Crippen molar-refractivity contribution in [3.8, 4) is 0 Å². The second kappa shape index (κ2) is 4.96. The van der Waals surface area contributed by atoms with Crippen molar-refractivity contribution in [1.29, 1.82) is 0 Å². The van der Waals surface area contributed by atoms with Crippen LogP contribution in [0.2, 0.25) is 0 Å². The average molecular weight is 243 g/mol. The number of aromatic nitrogens is 2. The highest BCUT2D eigenvalue weighted by molar-refractivity contribution is 5.88. The normalized spacial score (nSPS) is 12.2. The molecular formula is C14H14FN3. The fourth-order valence-corrected chi connectivity index (χ4v) is 1.69. The van der Waals surface area contributed by atoms with E-state index in [0.29, 0.717) is 0 Å². The monoisotopic (exact) mass is 243 g/mol. The highest BCUT2D eigenvalue weighted by atomic mass is 19.1. The molecule has 2 N–H and O–H groups in total. The maximum Gasteiger partial charge on any atom is 0.165 e. The lowest BCUT2D eigenvalue weighted by molar-refractivity contribution is 0.626. The third-order valence-corrected chi connectivity index (χ3v) is 2.98. The summed E-state index contributed by atoms with van der Waals surface area (Å²) >= 11 is 0. The first-order valence-corrected chi connectivity index (χ1v) is 5.59. The summed E-state index contributed by atoms with van der Waals surface area (Å²) in [7, 11) is 0. The van der Waals surface area contributed by atoms with Gasteiger partial charge in [-0.25, -0.2) is 9.37 Å². The summed E-state index contributed by atoms with van der Waals surface area (Å²) < 4.78 is 13.4. The smallest absolute Gasteiger partial charge is 0.165 e. The maximum atomic E-state index is 13.4. The van der Waals surface area contributed by atoms with Crippen LogP contribution in [0.5, 0.6) is 0 Å². The number of allylic oxidation sites excluding steroid dienone is 2. The largest absolute Gasteiger partial charge is 0.381 e. The standard InChI is InChI=1S/C14H14FN3/c1-9(11-3-5-17-6-4-11)10(2)12-7-13(15)14(16)18-8-12/h3-8H,1-2H3,(H2,16,18)/b10-9-. The van der Waals surface area contributed by atoms with Crippen LogP contribution in [-0.4, -0.2) is 9.97 Å². The summed E-state index contributed by atoms with van der Waals surface area (Å²) in [5.74, 6) is -0.567. The third-order valence-electron chi connectivity index (χ3n) is 2.98. The van der Waals surface area contributed by atoms with E-state index in [-0.39, 0.29) is 5.82 Å². The lowest BCUT2D eigenvalue weighted by atomic mass is 9.99. The molecule has 0 saturated carbocycles. The molecule has 0 fully saturated rings.